The van der Waals surface area contributed by atoms with E-state index in [0.717, 1.165) is 13.1 Å². The molecule has 0 aromatic heterocycles. The maximum Gasteiger partial charge on any atom is 0.191 e. The summed E-state index contributed by atoms with van der Waals surface area (Å²) < 4.78 is 37.0. The number of rotatable bonds is 9. The van der Waals surface area contributed by atoms with Crippen LogP contribution in [0.1, 0.15) is 44.2 Å². The van der Waals surface area contributed by atoms with Crippen molar-refractivity contribution >= 4 is 39.8 Å². The summed E-state index contributed by atoms with van der Waals surface area (Å²) in [6.45, 7) is 9.37. The monoisotopic (exact) mass is 554 g/mol. The molecule has 0 aliphatic carbocycles. The highest BCUT2D eigenvalue weighted by Gasteiger charge is 2.14. The van der Waals surface area contributed by atoms with Crippen LogP contribution in [-0.4, -0.2) is 58.3 Å². The van der Waals surface area contributed by atoms with E-state index in [0.29, 0.717) is 29.5 Å². The summed E-state index contributed by atoms with van der Waals surface area (Å²) in [6.07, 6.45) is 5.09. The van der Waals surface area contributed by atoms with Crippen LogP contribution in [0.2, 0.25) is 0 Å². The number of nitrogens with zero attached hydrogens (tertiary/aromatic N) is 2. The number of halogens is 2. The molecule has 2 N–H and O–H groups in total. The molecule has 1 aliphatic heterocycles. The number of guanidine groups is 1. The second kappa shape index (κ2) is 13.5. The summed E-state index contributed by atoms with van der Waals surface area (Å²) in [6, 6.07) is 4.19. The van der Waals surface area contributed by atoms with Gasteiger partial charge in [0.15, 0.2) is 15.8 Å². The topological polar surface area (TPSA) is 73.8 Å². The van der Waals surface area contributed by atoms with Crippen molar-refractivity contribution in [2.75, 3.05) is 39.0 Å². The zero-order chi connectivity index (χ0) is 21.3. The van der Waals surface area contributed by atoms with Crippen LogP contribution in [0, 0.1) is 11.7 Å². The Morgan fingerprint density at radius 1 is 1.20 bits per heavy atom. The van der Waals surface area contributed by atoms with Gasteiger partial charge in [0.2, 0.25) is 0 Å². The lowest BCUT2D eigenvalue weighted by Gasteiger charge is -2.29. The van der Waals surface area contributed by atoms with E-state index in [9.17, 15) is 12.8 Å². The molecule has 0 bridgehead atoms. The second-order valence-corrected chi connectivity index (χ2v) is 10.2. The van der Waals surface area contributed by atoms with E-state index < -0.39 is 9.84 Å². The van der Waals surface area contributed by atoms with Crippen molar-refractivity contribution in [1.29, 1.82) is 0 Å². The Kier molecular flexibility index (Phi) is 12.2. The van der Waals surface area contributed by atoms with Crippen LogP contribution in [0.3, 0.4) is 0 Å². The smallest absolute Gasteiger partial charge is 0.191 e. The van der Waals surface area contributed by atoms with E-state index in [1.165, 1.54) is 56.8 Å². The highest BCUT2D eigenvalue weighted by molar-refractivity contribution is 14.0. The Bertz CT molecular complexity index is 783. The fourth-order valence-corrected chi connectivity index (χ4v) is 4.44. The lowest BCUT2D eigenvalue weighted by Crippen LogP contribution is -2.42. The van der Waals surface area contributed by atoms with Gasteiger partial charge in [0.25, 0.3) is 0 Å². The van der Waals surface area contributed by atoms with Crippen LogP contribution in [0.4, 0.5) is 4.39 Å². The largest absolute Gasteiger partial charge is 0.357 e. The Hall–Kier alpha value is -0.940. The molecular formula is C21H36FIN4O2S. The summed E-state index contributed by atoms with van der Waals surface area (Å²) in [7, 11) is -3.20. The minimum absolute atomic E-state index is 0. The van der Waals surface area contributed by atoms with Crippen LogP contribution in [0.15, 0.2) is 23.2 Å². The van der Waals surface area contributed by atoms with Gasteiger partial charge >= 0.3 is 0 Å². The van der Waals surface area contributed by atoms with E-state index in [-0.39, 0.29) is 42.1 Å². The third-order valence-electron chi connectivity index (χ3n) is 4.97. The average molecular weight is 555 g/mol. The van der Waals surface area contributed by atoms with Crippen molar-refractivity contribution in [1.82, 2.24) is 15.5 Å². The van der Waals surface area contributed by atoms with E-state index in [1.54, 1.807) is 0 Å². The van der Waals surface area contributed by atoms with E-state index in [1.807, 2.05) is 6.92 Å². The number of hydrogen-bond donors (Lipinski definition) is 2. The van der Waals surface area contributed by atoms with Crippen molar-refractivity contribution < 1.29 is 12.8 Å². The molecule has 0 saturated carbocycles. The van der Waals surface area contributed by atoms with E-state index in [2.05, 4.69) is 27.4 Å². The maximum absolute atomic E-state index is 13.7. The first-order valence-corrected chi connectivity index (χ1v) is 12.5. The first kappa shape index (κ1) is 27.1. The minimum Gasteiger partial charge on any atom is -0.357 e. The molecule has 30 heavy (non-hydrogen) atoms. The van der Waals surface area contributed by atoms with Gasteiger partial charge in [0, 0.05) is 25.9 Å². The van der Waals surface area contributed by atoms with Crippen molar-refractivity contribution in [3.8, 4) is 0 Å². The molecule has 2 rings (SSSR count). The molecule has 1 aliphatic rings. The number of hydrogen-bond acceptors (Lipinski definition) is 4. The van der Waals surface area contributed by atoms with Crippen molar-refractivity contribution in [2.24, 2.45) is 10.9 Å². The predicted molar refractivity (Wildman–Crippen MR) is 133 cm³/mol. The SMILES string of the molecule is CCNC(=NCc1cc(F)ccc1CS(C)(=O)=O)NCC(C)CN1CCCCC1.I. The van der Waals surface area contributed by atoms with Crippen LogP contribution >= 0.6 is 24.0 Å². The number of piperidine rings is 1. The number of benzene rings is 1. The first-order chi connectivity index (χ1) is 13.8. The van der Waals surface area contributed by atoms with Gasteiger partial charge in [-0.25, -0.2) is 17.8 Å². The number of aliphatic imine (C=N–C) groups is 1. The molecule has 0 spiro atoms. The van der Waals surface area contributed by atoms with Crippen LogP contribution in [0.25, 0.3) is 0 Å². The number of nitrogens with one attached hydrogen (secondary N) is 2. The Morgan fingerprint density at radius 2 is 1.90 bits per heavy atom. The third kappa shape index (κ3) is 10.4. The molecule has 6 nitrogen and oxygen atoms in total. The second-order valence-electron chi connectivity index (χ2n) is 8.03. The van der Waals surface area contributed by atoms with Gasteiger partial charge in [-0.15, -0.1) is 24.0 Å². The normalized spacial score (nSPS) is 16.6. The summed E-state index contributed by atoms with van der Waals surface area (Å²) >= 11 is 0. The molecular weight excluding hydrogens is 518 g/mol. The highest BCUT2D eigenvalue weighted by Crippen LogP contribution is 2.16. The molecule has 0 radical (unpaired) electrons. The van der Waals surface area contributed by atoms with E-state index in [4.69, 9.17) is 0 Å². The molecule has 1 fully saturated rings. The molecule has 0 amide bonds. The highest BCUT2D eigenvalue weighted by atomic mass is 127. The molecule has 1 aromatic rings. The number of sulfone groups is 1. The van der Waals surface area contributed by atoms with Crippen molar-refractivity contribution in [2.45, 2.75) is 45.4 Å². The third-order valence-corrected chi connectivity index (χ3v) is 5.81. The van der Waals surface area contributed by atoms with Gasteiger partial charge in [-0.05, 0) is 62.0 Å². The van der Waals surface area contributed by atoms with Gasteiger partial charge in [-0.1, -0.05) is 19.4 Å². The molecule has 1 unspecified atom stereocenters. The Morgan fingerprint density at radius 3 is 2.53 bits per heavy atom. The maximum atomic E-state index is 13.7. The van der Waals surface area contributed by atoms with Gasteiger partial charge in [0.1, 0.15) is 5.82 Å². The summed E-state index contributed by atoms with van der Waals surface area (Å²) in [4.78, 5) is 7.07. The first-order valence-electron chi connectivity index (χ1n) is 10.5. The van der Waals surface area contributed by atoms with Crippen LogP contribution in [-0.2, 0) is 22.1 Å². The Labute approximate surface area is 198 Å². The van der Waals surface area contributed by atoms with Crippen molar-refractivity contribution in [3.63, 3.8) is 0 Å². The molecule has 1 atom stereocenters. The van der Waals surface area contributed by atoms with Gasteiger partial charge in [-0.3, -0.25) is 0 Å². The van der Waals surface area contributed by atoms with Crippen LogP contribution in [0.5, 0.6) is 0 Å². The number of likely N-dealkylation sites (tertiary alicyclic amines) is 1. The quantitative estimate of drug-likeness (QED) is 0.279. The fourth-order valence-electron chi connectivity index (χ4n) is 3.59. The molecule has 1 saturated heterocycles. The average Bonchev–Trinajstić information content (AvgIpc) is 2.65. The lowest BCUT2D eigenvalue weighted by molar-refractivity contribution is 0.201. The molecule has 1 heterocycles. The standard InChI is InChI=1S/C21H35FN4O2S.HI/c1-4-23-21(24-13-17(2)15-26-10-6-5-7-11-26)25-14-19-12-20(22)9-8-18(19)16-29(3,27)28;/h8-9,12,17H,4-7,10-11,13-16H2,1-3H3,(H2,23,24,25);1H. The molecule has 1 aromatic carbocycles. The summed E-state index contributed by atoms with van der Waals surface area (Å²) in [5.41, 5.74) is 1.18. The Balaban J connectivity index is 0.00000450. The molecule has 9 heteroatoms. The lowest BCUT2D eigenvalue weighted by atomic mass is 10.1. The van der Waals surface area contributed by atoms with Crippen molar-refractivity contribution in [3.05, 3.63) is 35.1 Å². The molecule has 172 valence electrons. The minimum atomic E-state index is -3.20. The zero-order valence-electron chi connectivity index (χ0n) is 18.3. The van der Waals surface area contributed by atoms with Crippen LogP contribution < -0.4 is 10.6 Å². The predicted octanol–water partition coefficient (Wildman–Crippen LogP) is 3.17. The summed E-state index contributed by atoms with van der Waals surface area (Å²) in [5, 5.41) is 6.57. The summed E-state index contributed by atoms with van der Waals surface area (Å²) in [5.74, 6) is 0.634. The van der Waals surface area contributed by atoms with E-state index >= 15 is 0 Å². The van der Waals surface area contributed by atoms with Gasteiger partial charge in [0.05, 0.1) is 12.3 Å². The van der Waals surface area contributed by atoms with Gasteiger partial charge < -0.3 is 15.5 Å². The van der Waals surface area contributed by atoms with Gasteiger partial charge in [-0.2, -0.15) is 0 Å². The fraction of sp³-hybridized carbons (Fsp3) is 0.667. The zero-order valence-corrected chi connectivity index (χ0v) is 21.4.